The standard InChI is InChI=1S/C14H8F3NOS2/c15-14(16,17)8-3-4-11-10(6-8)18-13(19)12(21-11)7-9-2-1-5-20-9/h1-7H,(H,18,19). The maximum Gasteiger partial charge on any atom is 0.416 e. The Hall–Kier alpha value is -1.73. The molecule has 2 nitrogen and oxygen atoms in total. The van der Waals surface area contributed by atoms with E-state index in [1.165, 1.54) is 29.2 Å². The van der Waals surface area contributed by atoms with E-state index in [2.05, 4.69) is 5.32 Å². The molecular formula is C14H8F3NOS2. The molecule has 0 atom stereocenters. The van der Waals surface area contributed by atoms with Crippen LogP contribution in [-0.2, 0) is 11.0 Å². The van der Waals surface area contributed by atoms with Crippen LogP contribution in [0.15, 0.2) is 45.5 Å². The minimum atomic E-state index is -4.42. The summed E-state index contributed by atoms with van der Waals surface area (Å²) >= 11 is 2.66. The summed E-state index contributed by atoms with van der Waals surface area (Å²) in [6, 6.07) is 7.10. The van der Waals surface area contributed by atoms with E-state index in [0.29, 0.717) is 9.80 Å². The van der Waals surface area contributed by atoms with E-state index in [4.69, 9.17) is 0 Å². The molecule has 1 aliphatic rings. The van der Waals surface area contributed by atoms with Crippen LogP contribution in [0.25, 0.3) is 6.08 Å². The Morgan fingerprint density at radius 3 is 2.67 bits per heavy atom. The summed E-state index contributed by atoms with van der Waals surface area (Å²) in [5, 5.41) is 4.40. The van der Waals surface area contributed by atoms with Crippen molar-refractivity contribution < 1.29 is 18.0 Å². The Morgan fingerprint density at radius 2 is 2.00 bits per heavy atom. The molecule has 1 aliphatic heterocycles. The normalized spacial score (nSPS) is 16.7. The number of hydrogen-bond acceptors (Lipinski definition) is 3. The van der Waals surface area contributed by atoms with Gasteiger partial charge >= 0.3 is 6.18 Å². The van der Waals surface area contributed by atoms with E-state index in [0.717, 1.165) is 17.0 Å². The highest BCUT2D eigenvalue weighted by Crippen LogP contribution is 2.42. The summed E-state index contributed by atoms with van der Waals surface area (Å²) in [5.74, 6) is -0.389. The average molecular weight is 327 g/mol. The van der Waals surface area contributed by atoms with Gasteiger partial charge in [-0.05, 0) is 35.7 Å². The Balaban J connectivity index is 1.94. The zero-order valence-electron chi connectivity index (χ0n) is 10.4. The van der Waals surface area contributed by atoms with Crippen LogP contribution < -0.4 is 5.32 Å². The summed E-state index contributed by atoms with van der Waals surface area (Å²) in [6.07, 6.45) is -2.69. The second kappa shape index (κ2) is 5.23. The van der Waals surface area contributed by atoms with E-state index in [-0.39, 0.29) is 11.6 Å². The van der Waals surface area contributed by atoms with Gasteiger partial charge in [0.25, 0.3) is 5.91 Å². The van der Waals surface area contributed by atoms with Crippen LogP contribution in [0.4, 0.5) is 18.9 Å². The fourth-order valence-corrected chi connectivity index (χ4v) is 3.49. The lowest BCUT2D eigenvalue weighted by molar-refractivity contribution is -0.137. The molecule has 108 valence electrons. The van der Waals surface area contributed by atoms with Crippen molar-refractivity contribution in [3.63, 3.8) is 0 Å². The number of halogens is 3. The molecule has 0 spiro atoms. The first-order valence-electron chi connectivity index (χ1n) is 5.89. The van der Waals surface area contributed by atoms with Crippen LogP contribution in [0.1, 0.15) is 10.4 Å². The van der Waals surface area contributed by atoms with Gasteiger partial charge in [0.05, 0.1) is 16.2 Å². The fraction of sp³-hybridized carbons (Fsp3) is 0.0714. The number of thioether (sulfide) groups is 1. The first-order chi connectivity index (χ1) is 9.93. The smallest absolute Gasteiger partial charge is 0.320 e. The maximum atomic E-state index is 12.7. The predicted molar refractivity (Wildman–Crippen MR) is 78.2 cm³/mol. The van der Waals surface area contributed by atoms with Crippen molar-refractivity contribution in [1.82, 2.24) is 0 Å². The minimum Gasteiger partial charge on any atom is -0.320 e. The van der Waals surface area contributed by atoms with Gasteiger partial charge in [0.15, 0.2) is 0 Å². The number of hydrogen-bond donors (Lipinski definition) is 1. The highest BCUT2D eigenvalue weighted by Gasteiger charge is 2.32. The number of benzene rings is 1. The maximum absolute atomic E-state index is 12.7. The molecule has 7 heteroatoms. The van der Waals surface area contributed by atoms with Crippen molar-refractivity contribution >= 4 is 40.8 Å². The van der Waals surface area contributed by atoms with Crippen molar-refractivity contribution in [1.29, 1.82) is 0 Å². The first-order valence-corrected chi connectivity index (χ1v) is 7.59. The van der Waals surface area contributed by atoms with Gasteiger partial charge in [-0.25, -0.2) is 0 Å². The second-order valence-electron chi connectivity index (χ2n) is 4.29. The summed E-state index contributed by atoms with van der Waals surface area (Å²) < 4.78 is 38.0. The van der Waals surface area contributed by atoms with Gasteiger partial charge in [-0.15, -0.1) is 11.3 Å². The monoisotopic (exact) mass is 327 g/mol. The minimum absolute atomic E-state index is 0.197. The molecule has 0 saturated heterocycles. The molecule has 0 fully saturated rings. The van der Waals surface area contributed by atoms with Crippen LogP contribution in [0.3, 0.4) is 0 Å². The number of nitrogens with one attached hydrogen (secondary N) is 1. The molecule has 0 unspecified atom stereocenters. The van der Waals surface area contributed by atoms with Crippen molar-refractivity contribution in [2.45, 2.75) is 11.1 Å². The molecule has 2 heterocycles. The molecule has 0 radical (unpaired) electrons. The summed E-state index contributed by atoms with van der Waals surface area (Å²) in [6.45, 7) is 0. The fourth-order valence-electron chi connectivity index (χ4n) is 1.84. The van der Waals surface area contributed by atoms with Gasteiger partial charge in [0.1, 0.15) is 0 Å². The third-order valence-electron chi connectivity index (χ3n) is 2.82. The van der Waals surface area contributed by atoms with Gasteiger partial charge in [-0.3, -0.25) is 4.79 Å². The van der Waals surface area contributed by atoms with E-state index >= 15 is 0 Å². The Morgan fingerprint density at radius 1 is 1.19 bits per heavy atom. The number of anilines is 1. The summed E-state index contributed by atoms with van der Waals surface area (Å²) in [4.78, 5) is 14.0. The van der Waals surface area contributed by atoms with Crippen LogP contribution in [0.5, 0.6) is 0 Å². The van der Waals surface area contributed by atoms with E-state index < -0.39 is 11.7 Å². The van der Waals surface area contributed by atoms with E-state index in [1.807, 2.05) is 17.5 Å². The topological polar surface area (TPSA) is 29.1 Å². The largest absolute Gasteiger partial charge is 0.416 e. The van der Waals surface area contributed by atoms with Crippen molar-refractivity contribution in [2.24, 2.45) is 0 Å². The Bertz CT molecular complexity index is 720. The highest BCUT2D eigenvalue weighted by atomic mass is 32.2. The lowest BCUT2D eigenvalue weighted by Crippen LogP contribution is -2.18. The van der Waals surface area contributed by atoms with Crippen LogP contribution in [-0.4, -0.2) is 5.91 Å². The lowest BCUT2D eigenvalue weighted by atomic mass is 10.2. The highest BCUT2D eigenvalue weighted by molar-refractivity contribution is 8.04. The quantitative estimate of drug-likeness (QED) is 0.759. The lowest BCUT2D eigenvalue weighted by Gasteiger charge is -2.20. The van der Waals surface area contributed by atoms with Gasteiger partial charge in [0, 0.05) is 9.77 Å². The first kappa shape index (κ1) is 14.2. The third kappa shape index (κ3) is 2.98. The zero-order chi connectivity index (χ0) is 15.0. The molecular weight excluding hydrogens is 319 g/mol. The molecule has 1 amide bonds. The Labute approximate surface area is 126 Å². The molecule has 3 rings (SSSR count). The SMILES string of the molecule is O=C1Nc2cc(C(F)(F)F)ccc2SC1=Cc1cccs1. The van der Waals surface area contributed by atoms with Crippen molar-refractivity contribution in [3.8, 4) is 0 Å². The number of carbonyl (C=O) groups is 1. The molecule has 1 N–H and O–H groups in total. The molecule has 1 aromatic heterocycles. The van der Waals surface area contributed by atoms with Crippen LogP contribution >= 0.6 is 23.1 Å². The van der Waals surface area contributed by atoms with Gasteiger partial charge < -0.3 is 5.32 Å². The van der Waals surface area contributed by atoms with Crippen molar-refractivity contribution in [3.05, 3.63) is 51.1 Å². The number of rotatable bonds is 1. The number of fused-ring (bicyclic) bond motifs is 1. The van der Waals surface area contributed by atoms with Gasteiger partial charge in [0.2, 0.25) is 0 Å². The summed E-state index contributed by atoms with van der Waals surface area (Å²) in [5.41, 5.74) is -0.573. The zero-order valence-corrected chi connectivity index (χ0v) is 12.0. The number of alkyl halides is 3. The van der Waals surface area contributed by atoms with E-state index in [9.17, 15) is 18.0 Å². The molecule has 1 aromatic carbocycles. The predicted octanol–water partition coefficient (Wildman–Crippen LogP) is 4.85. The Kier molecular flexibility index (Phi) is 3.54. The molecule has 21 heavy (non-hydrogen) atoms. The van der Waals surface area contributed by atoms with Gasteiger partial charge in [-0.1, -0.05) is 17.8 Å². The summed E-state index contributed by atoms with van der Waals surface area (Å²) in [7, 11) is 0. The van der Waals surface area contributed by atoms with E-state index in [1.54, 1.807) is 6.08 Å². The average Bonchev–Trinajstić information content (AvgIpc) is 2.91. The molecule has 0 saturated carbocycles. The van der Waals surface area contributed by atoms with Crippen molar-refractivity contribution in [2.75, 3.05) is 5.32 Å². The number of amides is 1. The van der Waals surface area contributed by atoms with Gasteiger partial charge in [-0.2, -0.15) is 13.2 Å². The van der Waals surface area contributed by atoms with Crippen LogP contribution in [0.2, 0.25) is 0 Å². The number of carbonyl (C=O) groups excluding carboxylic acids is 1. The second-order valence-corrected chi connectivity index (χ2v) is 6.35. The molecule has 0 bridgehead atoms. The molecule has 0 aliphatic carbocycles. The third-order valence-corrected chi connectivity index (χ3v) is 4.73. The molecule has 2 aromatic rings. The number of thiophene rings is 1. The van der Waals surface area contributed by atoms with Crippen LogP contribution in [0, 0.1) is 0 Å².